The number of carbonyl (C=O) groups excluding carboxylic acids is 2. The van der Waals surface area contributed by atoms with Crippen molar-refractivity contribution in [1.82, 2.24) is 0 Å². The average Bonchev–Trinajstić information content (AvgIpc) is 3.53. The molecule has 0 saturated heterocycles. The lowest BCUT2D eigenvalue weighted by atomic mass is 9.92. The van der Waals surface area contributed by atoms with Gasteiger partial charge in [-0.2, -0.15) is 0 Å². The van der Waals surface area contributed by atoms with Gasteiger partial charge in [-0.25, -0.2) is 8.78 Å². The van der Waals surface area contributed by atoms with Gasteiger partial charge >= 0.3 is 0 Å². The van der Waals surface area contributed by atoms with Crippen molar-refractivity contribution >= 4 is 23.2 Å². The fraction of sp³-hybridized carbons (Fsp3) is 0.440. The first-order valence-electron chi connectivity index (χ1n) is 10.9. The van der Waals surface area contributed by atoms with E-state index < -0.39 is 11.9 Å². The Morgan fingerprint density at radius 2 is 1.84 bits per heavy atom. The average molecular weight is 443 g/mol. The Labute approximate surface area is 186 Å². The van der Waals surface area contributed by atoms with Crippen molar-refractivity contribution in [1.29, 1.82) is 0 Å². The molecule has 1 aliphatic carbocycles. The van der Waals surface area contributed by atoms with E-state index in [-0.39, 0.29) is 53.4 Å². The summed E-state index contributed by atoms with van der Waals surface area (Å²) in [6.07, 6.45) is 1.17. The summed E-state index contributed by atoms with van der Waals surface area (Å²) in [5.74, 6) is -1.53. The van der Waals surface area contributed by atoms with Gasteiger partial charge in [0.1, 0.15) is 5.82 Å². The Bertz CT molecular complexity index is 1060. The van der Waals surface area contributed by atoms with Gasteiger partial charge in [0.25, 0.3) is 5.91 Å². The van der Waals surface area contributed by atoms with Gasteiger partial charge in [0.2, 0.25) is 5.91 Å². The summed E-state index contributed by atoms with van der Waals surface area (Å²) in [5, 5.41) is 2.69. The second kappa shape index (κ2) is 8.19. The molecule has 0 bridgehead atoms. The molecule has 1 saturated carbocycles. The first kappa shape index (κ1) is 22.2. The van der Waals surface area contributed by atoms with Gasteiger partial charge < -0.3 is 15.0 Å². The highest BCUT2D eigenvalue weighted by Crippen LogP contribution is 2.46. The molecule has 2 amide bonds. The summed E-state index contributed by atoms with van der Waals surface area (Å²) in [5.41, 5.74) is 1.37. The van der Waals surface area contributed by atoms with Gasteiger partial charge in [0.05, 0.1) is 17.9 Å². The van der Waals surface area contributed by atoms with Gasteiger partial charge in [-0.1, -0.05) is 32.9 Å². The predicted molar refractivity (Wildman–Crippen MR) is 119 cm³/mol. The van der Waals surface area contributed by atoms with Crippen molar-refractivity contribution in [3.05, 3.63) is 53.1 Å². The molecule has 2 aromatic rings. The van der Waals surface area contributed by atoms with Gasteiger partial charge in [-0.3, -0.25) is 9.59 Å². The van der Waals surface area contributed by atoms with Crippen LogP contribution in [0.5, 0.6) is 5.75 Å². The molecule has 1 aliphatic heterocycles. The quantitative estimate of drug-likeness (QED) is 0.679. The van der Waals surface area contributed by atoms with E-state index in [4.69, 9.17) is 4.74 Å². The van der Waals surface area contributed by atoms with Gasteiger partial charge in [-0.15, -0.1) is 0 Å². The van der Waals surface area contributed by atoms with Crippen LogP contribution in [0, 0.1) is 29.9 Å². The summed E-state index contributed by atoms with van der Waals surface area (Å²) < 4.78 is 34.8. The molecule has 7 heteroatoms. The first-order chi connectivity index (χ1) is 15.0. The lowest BCUT2D eigenvalue weighted by Crippen LogP contribution is -2.47. The van der Waals surface area contributed by atoms with Crippen LogP contribution in [0.25, 0.3) is 0 Å². The molecular formula is C25H28F2N2O3. The number of amides is 2. The van der Waals surface area contributed by atoms with E-state index in [1.54, 1.807) is 25.1 Å². The summed E-state index contributed by atoms with van der Waals surface area (Å²) in [7, 11) is 0. The van der Waals surface area contributed by atoms with Crippen LogP contribution in [0.15, 0.2) is 30.3 Å². The fourth-order valence-electron chi connectivity index (χ4n) is 3.96. The zero-order chi connectivity index (χ0) is 23.2. The van der Waals surface area contributed by atoms with Gasteiger partial charge in [0, 0.05) is 12.3 Å². The maximum atomic E-state index is 15.6. The fourth-order valence-corrected chi connectivity index (χ4v) is 3.96. The molecule has 2 aliphatic rings. The summed E-state index contributed by atoms with van der Waals surface area (Å²) in [6, 6.07) is 7.54. The monoisotopic (exact) mass is 442 g/mol. The minimum Gasteiger partial charge on any atom is -0.475 e. The number of carbonyl (C=O) groups is 2. The van der Waals surface area contributed by atoms with Crippen LogP contribution in [0.2, 0.25) is 0 Å². The Morgan fingerprint density at radius 1 is 1.19 bits per heavy atom. The number of anilines is 2. The van der Waals surface area contributed by atoms with Crippen LogP contribution in [0.3, 0.4) is 0 Å². The van der Waals surface area contributed by atoms with E-state index in [1.807, 2.05) is 20.8 Å². The van der Waals surface area contributed by atoms with Crippen LogP contribution in [0.4, 0.5) is 20.2 Å². The van der Waals surface area contributed by atoms with Crippen LogP contribution < -0.4 is 15.0 Å². The minimum atomic E-state index is -0.765. The molecule has 2 aromatic carbocycles. The molecule has 4 rings (SSSR count). The van der Waals surface area contributed by atoms with E-state index >= 15 is 4.39 Å². The van der Waals surface area contributed by atoms with E-state index in [0.717, 1.165) is 18.4 Å². The third-order valence-electron chi connectivity index (χ3n) is 5.70. The summed E-state index contributed by atoms with van der Waals surface area (Å²) in [4.78, 5) is 27.2. The number of aryl methyl sites for hydroxylation is 1. The molecule has 0 unspecified atom stereocenters. The topological polar surface area (TPSA) is 58.6 Å². The van der Waals surface area contributed by atoms with Crippen molar-refractivity contribution in [2.45, 2.75) is 59.6 Å². The van der Waals surface area contributed by atoms with Crippen LogP contribution in [0.1, 0.15) is 51.2 Å². The van der Waals surface area contributed by atoms with E-state index in [2.05, 4.69) is 5.32 Å². The predicted octanol–water partition coefficient (Wildman–Crippen LogP) is 5.35. The summed E-state index contributed by atoms with van der Waals surface area (Å²) >= 11 is 0. The van der Waals surface area contributed by atoms with Crippen LogP contribution in [-0.2, 0) is 16.1 Å². The van der Waals surface area contributed by atoms with Crippen molar-refractivity contribution in [3.63, 3.8) is 0 Å². The number of ether oxygens (including phenoxy) is 1. The first-order valence-corrected chi connectivity index (χ1v) is 10.9. The normalized spacial score (nSPS) is 18.2. The van der Waals surface area contributed by atoms with Crippen molar-refractivity contribution in [2.75, 3.05) is 10.2 Å². The second-order valence-corrected chi connectivity index (χ2v) is 9.94. The second-order valence-electron chi connectivity index (χ2n) is 9.94. The third-order valence-corrected chi connectivity index (χ3v) is 5.70. The molecule has 0 radical (unpaired) electrons. The third kappa shape index (κ3) is 4.61. The Hall–Kier alpha value is -2.96. The molecule has 1 heterocycles. The largest absolute Gasteiger partial charge is 0.475 e. The molecule has 0 spiro atoms. The standard InChI is InChI=1S/C25H28F2N2O3/c1-14-11-18-23(20(27)21(14)28-19(30)12-25(2,3)4)32-22(16-7-8-16)24(31)29(18)13-15-5-9-17(26)10-6-15/h5-6,9-11,16,22H,7-8,12-13H2,1-4H3,(H,28,30)/t22-/m0/s1. The molecule has 1 fully saturated rings. The van der Waals surface area contributed by atoms with E-state index in [0.29, 0.717) is 11.3 Å². The number of fused-ring (bicyclic) bond motifs is 1. The van der Waals surface area contributed by atoms with Crippen LogP contribution >= 0.6 is 0 Å². The number of halogens is 2. The number of hydrogen-bond acceptors (Lipinski definition) is 3. The molecule has 5 nitrogen and oxygen atoms in total. The van der Waals surface area contributed by atoms with Crippen LogP contribution in [-0.4, -0.2) is 17.9 Å². The maximum absolute atomic E-state index is 15.6. The number of nitrogens with one attached hydrogen (secondary N) is 1. The van der Waals surface area contributed by atoms with Gasteiger partial charge in [-0.05, 0) is 54.5 Å². The number of rotatable bonds is 5. The van der Waals surface area contributed by atoms with Gasteiger partial charge in [0.15, 0.2) is 17.7 Å². The van der Waals surface area contributed by atoms with Crippen molar-refractivity contribution in [3.8, 4) is 5.75 Å². The molecular weight excluding hydrogens is 414 g/mol. The highest BCUT2D eigenvalue weighted by molar-refractivity contribution is 6.02. The Morgan fingerprint density at radius 3 is 2.44 bits per heavy atom. The lowest BCUT2D eigenvalue weighted by Gasteiger charge is -2.35. The zero-order valence-electron chi connectivity index (χ0n) is 18.8. The molecule has 0 aromatic heterocycles. The Balaban J connectivity index is 1.71. The molecule has 1 atom stereocenters. The van der Waals surface area contributed by atoms with Crippen molar-refractivity contribution in [2.24, 2.45) is 11.3 Å². The number of benzene rings is 2. The smallest absolute Gasteiger partial charge is 0.268 e. The van der Waals surface area contributed by atoms with E-state index in [9.17, 15) is 14.0 Å². The van der Waals surface area contributed by atoms with Crippen molar-refractivity contribution < 1.29 is 23.1 Å². The highest BCUT2D eigenvalue weighted by atomic mass is 19.1. The highest BCUT2D eigenvalue weighted by Gasteiger charge is 2.45. The lowest BCUT2D eigenvalue weighted by molar-refractivity contribution is -0.127. The number of hydrogen-bond donors (Lipinski definition) is 1. The minimum absolute atomic E-state index is 0.0275. The molecule has 32 heavy (non-hydrogen) atoms. The Kier molecular flexibility index (Phi) is 5.69. The molecule has 170 valence electrons. The maximum Gasteiger partial charge on any atom is 0.268 e. The summed E-state index contributed by atoms with van der Waals surface area (Å²) in [6.45, 7) is 7.66. The number of nitrogens with zero attached hydrogens (tertiary/aromatic N) is 1. The van der Waals surface area contributed by atoms with E-state index in [1.165, 1.54) is 17.0 Å². The SMILES string of the molecule is Cc1cc2c(c(F)c1NC(=O)CC(C)(C)C)O[C@@H](C1CC1)C(=O)N2Cc1ccc(F)cc1. The molecule has 1 N–H and O–H groups in total. The zero-order valence-corrected chi connectivity index (χ0v) is 18.8.